The Morgan fingerprint density at radius 1 is 0.917 bits per heavy atom. The van der Waals surface area contributed by atoms with Gasteiger partial charge in [0.2, 0.25) is 0 Å². The van der Waals surface area contributed by atoms with E-state index in [0.29, 0.717) is 23.9 Å². The number of carbonyl (C=O) groups is 2. The Morgan fingerprint density at radius 3 is 2.08 bits per heavy atom. The van der Waals surface area contributed by atoms with Crippen LogP contribution in [0.3, 0.4) is 0 Å². The summed E-state index contributed by atoms with van der Waals surface area (Å²) >= 11 is 6.09. The Labute approximate surface area is 221 Å². The average molecular weight is 516 g/mol. The molecule has 198 valence electrons. The third kappa shape index (κ3) is 10.1. The maximum atomic E-state index is 12.9. The normalized spacial score (nSPS) is 12.1. The van der Waals surface area contributed by atoms with E-state index in [4.69, 9.17) is 16.3 Å². The number of halogens is 1. The molecule has 0 heterocycles. The number of ether oxygens (including phenoxy) is 1. The summed E-state index contributed by atoms with van der Waals surface area (Å²) in [5, 5.41) is 5.96. The van der Waals surface area contributed by atoms with E-state index in [1.54, 1.807) is 0 Å². The van der Waals surface area contributed by atoms with Crippen LogP contribution in [0.4, 0.5) is 21.9 Å². The second kappa shape index (κ2) is 14.1. The molecule has 0 saturated heterocycles. The highest BCUT2D eigenvalue weighted by molar-refractivity contribution is 6.20. The Balaban J connectivity index is 2.26. The average Bonchev–Trinajstić information content (AvgIpc) is 2.78. The van der Waals surface area contributed by atoms with E-state index in [-0.39, 0.29) is 24.3 Å². The lowest BCUT2D eigenvalue weighted by atomic mass is 10.1. The largest absolute Gasteiger partial charge is 0.446 e. The minimum Gasteiger partial charge on any atom is -0.446 e. The number of carbonyl (C=O) groups excluding carboxylic acids is 2. The SMILES string of the molecule is Cc1ccc(NC(=O)Nc2cc(CCC(=O)OC(Cl)C(C)C)ccc2N(CC(C)C)CC(C)C)cc1. The van der Waals surface area contributed by atoms with Crippen LogP contribution in [0.1, 0.15) is 59.1 Å². The summed E-state index contributed by atoms with van der Waals surface area (Å²) in [7, 11) is 0. The molecular weight excluding hydrogens is 474 g/mol. The number of urea groups is 1. The van der Waals surface area contributed by atoms with Crippen molar-refractivity contribution in [3.8, 4) is 0 Å². The van der Waals surface area contributed by atoms with Gasteiger partial charge in [-0.15, -0.1) is 0 Å². The van der Waals surface area contributed by atoms with E-state index in [1.165, 1.54) is 0 Å². The predicted molar refractivity (Wildman–Crippen MR) is 151 cm³/mol. The quantitative estimate of drug-likeness (QED) is 0.227. The number of benzene rings is 2. The van der Waals surface area contributed by atoms with Crippen LogP contribution >= 0.6 is 11.6 Å². The molecule has 7 heteroatoms. The lowest BCUT2D eigenvalue weighted by Crippen LogP contribution is -2.32. The monoisotopic (exact) mass is 515 g/mol. The topological polar surface area (TPSA) is 70.7 Å². The lowest BCUT2D eigenvalue weighted by Gasteiger charge is -2.30. The van der Waals surface area contributed by atoms with Gasteiger partial charge in [0.15, 0.2) is 5.56 Å². The molecule has 0 aliphatic rings. The summed E-state index contributed by atoms with van der Waals surface area (Å²) in [6, 6.07) is 13.4. The van der Waals surface area contributed by atoms with Gasteiger partial charge in [-0.25, -0.2) is 4.79 Å². The number of hydrogen-bond donors (Lipinski definition) is 2. The van der Waals surface area contributed by atoms with E-state index in [9.17, 15) is 9.59 Å². The van der Waals surface area contributed by atoms with Crippen molar-refractivity contribution in [2.75, 3.05) is 28.6 Å². The van der Waals surface area contributed by atoms with Gasteiger partial charge in [0, 0.05) is 31.1 Å². The molecule has 0 aliphatic heterocycles. The van der Waals surface area contributed by atoms with Gasteiger partial charge in [-0.1, -0.05) is 76.9 Å². The number of alkyl halides is 1. The van der Waals surface area contributed by atoms with Crippen LogP contribution in [-0.2, 0) is 16.0 Å². The number of anilines is 3. The van der Waals surface area contributed by atoms with Crippen LogP contribution in [0.5, 0.6) is 0 Å². The molecule has 0 fully saturated rings. The van der Waals surface area contributed by atoms with E-state index in [1.807, 2.05) is 63.2 Å². The highest BCUT2D eigenvalue weighted by atomic mass is 35.5. The number of hydrogen-bond acceptors (Lipinski definition) is 4. The van der Waals surface area contributed by atoms with Crippen LogP contribution in [0.2, 0.25) is 0 Å². The predicted octanol–water partition coefficient (Wildman–Crippen LogP) is 7.45. The van der Waals surface area contributed by atoms with Crippen molar-refractivity contribution in [1.29, 1.82) is 0 Å². The van der Waals surface area contributed by atoms with Crippen molar-refractivity contribution < 1.29 is 14.3 Å². The van der Waals surface area contributed by atoms with Gasteiger partial charge in [-0.05, 0) is 55.0 Å². The first-order valence-electron chi connectivity index (χ1n) is 12.8. The highest BCUT2D eigenvalue weighted by Gasteiger charge is 2.18. The first-order valence-corrected chi connectivity index (χ1v) is 13.2. The minimum atomic E-state index is -0.636. The molecule has 1 unspecified atom stereocenters. The maximum absolute atomic E-state index is 12.9. The number of nitrogens with zero attached hydrogens (tertiary/aromatic N) is 1. The van der Waals surface area contributed by atoms with Gasteiger partial charge in [-0.2, -0.15) is 0 Å². The summed E-state index contributed by atoms with van der Waals surface area (Å²) in [6.45, 7) is 16.3. The molecule has 0 aromatic heterocycles. The third-order valence-corrected chi connectivity index (χ3v) is 6.11. The molecule has 0 aliphatic carbocycles. The molecule has 36 heavy (non-hydrogen) atoms. The van der Waals surface area contributed by atoms with Crippen molar-refractivity contribution in [3.63, 3.8) is 0 Å². The summed E-state index contributed by atoms with van der Waals surface area (Å²) in [5.74, 6) is 0.625. The smallest absolute Gasteiger partial charge is 0.323 e. The molecular formula is C29H42ClN3O3. The summed E-state index contributed by atoms with van der Waals surface area (Å²) in [5.41, 5.74) is 3.82. The van der Waals surface area contributed by atoms with E-state index in [0.717, 1.165) is 35.6 Å². The zero-order valence-corrected chi connectivity index (χ0v) is 23.5. The standard InChI is InChI=1S/C29H42ClN3O3/c1-19(2)17-33(18-20(3)4)26-14-10-23(11-15-27(34)36-28(30)21(5)6)16-25(26)32-29(35)31-24-12-8-22(7)9-13-24/h8-10,12-14,16,19-21,28H,11,15,17-18H2,1-7H3,(H2,31,32,35). The van der Waals surface area contributed by atoms with Crippen molar-refractivity contribution in [1.82, 2.24) is 0 Å². The zero-order valence-electron chi connectivity index (χ0n) is 22.7. The Bertz CT molecular complexity index is 980. The van der Waals surface area contributed by atoms with Gasteiger partial charge in [0.05, 0.1) is 11.4 Å². The maximum Gasteiger partial charge on any atom is 0.323 e. The molecule has 2 aromatic carbocycles. The fourth-order valence-electron chi connectivity index (χ4n) is 3.76. The lowest BCUT2D eigenvalue weighted by molar-refractivity contribution is -0.146. The van der Waals surface area contributed by atoms with Crippen LogP contribution in [-0.4, -0.2) is 30.7 Å². The van der Waals surface area contributed by atoms with Crippen LogP contribution in [0, 0.1) is 24.7 Å². The summed E-state index contributed by atoms with van der Waals surface area (Å²) in [4.78, 5) is 27.5. The minimum absolute atomic E-state index is 0.0469. The fraction of sp³-hybridized carbons (Fsp3) is 0.517. The highest BCUT2D eigenvalue weighted by Crippen LogP contribution is 2.30. The number of aryl methyl sites for hydroxylation is 2. The third-order valence-electron chi connectivity index (χ3n) is 5.52. The Morgan fingerprint density at radius 2 is 1.53 bits per heavy atom. The molecule has 0 spiro atoms. The first-order chi connectivity index (χ1) is 16.9. The molecule has 2 aromatic rings. The van der Waals surface area contributed by atoms with Crippen molar-refractivity contribution in [2.24, 2.45) is 17.8 Å². The van der Waals surface area contributed by atoms with Gasteiger partial charge < -0.3 is 20.3 Å². The number of amides is 2. The van der Waals surface area contributed by atoms with Crippen molar-refractivity contribution in [2.45, 2.75) is 66.9 Å². The fourth-order valence-corrected chi connectivity index (χ4v) is 3.86. The second-order valence-corrected chi connectivity index (χ2v) is 11.0. The van der Waals surface area contributed by atoms with Gasteiger partial charge in [-0.3, -0.25) is 4.79 Å². The molecule has 0 bridgehead atoms. The first kappa shape index (κ1) is 29.5. The van der Waals surface area contributed by atoms with E-state index in [2.05, 4.69) is 43.2 Å². The number of nitrogens with one attached hydrogen (secondary N) is 2. The van der Waals surface area contributed by atoms with E-state index < -0.39 is 5.56 Å². The zero-order chi connectivity index (χ0) is 26.8. The van der Waals surface area contributed by atoms with Crippen LogP contribution < -0.4 is 15.5 Å². The van der Waals surface area contributed by atoms with Gasteiger partial charge in [0.25, 0.3) is 0 Å². The molecule has 2 N–H and O–H groups in total. The molecule has 2 amide bonds. The van der Waals surface area contributed by atoms with Crippen molar-refractivity contribution in [3.05, 3.63) is 53.6 Å². The molecule has 6 nitrogen and oxygen atoms in total. The van der Waals surface area contributed by atoms with Crippen LogP contribution in [0.15, 0.2) is 42.5 Å². The molecule has 0 saturated carbocycles. The van der Waals surface area contributed by atoms with Gasteiger partial charge in [0.1, 0.15) is 0 Å². The van der Waals surface area contributed by atoms with Gasteiger partial charge >= 0.3 is 12.0 Å². The number of rotatable bonds is 12. The Hall–Kier alpha value is -2.73. The van der Waals surface area contributed by atoms with E-state index >= 15 is 0 Å². The second-order valence-electron chi connectivity index (χ2n) is 10.6. The molecule has 2 rings (SSSR count). The van der Waals surface area contributed by atoms with Crippen molar-refractivity contribution >= 4 is 40.7 Å². The Kier molecular flexibility index (Phi) is 11.6. The number of esters is 1. The molecule has 0 radical (unpaired) electrons. The summed E-state index contributed by atoms with van der Waals surface area (Å²) < 4.78 is 5.29. The molecule has 1 atom stereocenters. The summed E-state index contributed by atoms with van der Waals surface area (Å²) in [6.07, 6.45) is 0.704. The van der Waals surface area contributed by atoms with Crippen LogP contribution in [0.25, 0.3) is 0 Å².